The third-order valence-corrected chi connectivity index (χ3v) is 13.8. The Morgan fingerprint density at radius 2 is 0.964 bits per heavy atom. The molecule has 258 valence electrons. The highest BCUT2D eigenvalue weighted by molar-refractivity contribution is 7.25. The minimum Gasteiger partial charge on any atom is -0.310 e. The fraction of sp³-hybridized carbons (Fsp3) is 0.0588. The molecule has 0 aliphatic heterocycles. The van der Waals surface area contributed by atoms with Gasteiger partial charge in [0.25, 0.3) is 0 Å². The normalized spacial score (nSPS) is 13.8. The maximum absolute atomic E-state index is 2.53. The van der Waals surface area contributed by atoms with Gasteiger partial charge in [-0.3, -0.25) is 0 Å². The van der Waals surface area contributed by atoms with Gasteiger partial charge in [-0.25, -0.2) is 0 Å². The molecule has 4 heterocycles. The molecule has 4 aromatic heterocycles. The van der Waals surface area contributed by atoms with E-state index in [0.29, 0.717) is 0 Å². The highest BCUT2D eigenvalue weighted by Crippen LogP contribution is 2.51. The molecular weight excluding hydrogens is 687 g/mol. The summed E-state index contributed by atoms with van der Waals surface area (Å²) in [5, 5.41) is 7.74. The Bertz CT molecular complexity index is 3590. The van der Waals surface area contributed by atoms with Crippen molar-refractivity contribution < 1.29 is 0 Å². The first-order valence-corrected chi connectivity index (χ1v) is 19.9. The van der Waals surface area contributed by atoms with Crippen molar-refractivity contribution in [3.63, 3.8) is 0 Å². The Labute approximate surface area is 320 Å². The molecule has 0 fully saturated rings. The molecule has 1 aliphatic carbocycles. The van der Waals surface area contributed by atoms with Crippen molar-refractivity contribution in [2.75, 3.05) is 4.90 Å². The van der Waals surface area contributed by atoms with Crippen LogP contribution in [0.3, 0.4) is 0 Å². The van der Waals surface area contributed by atoms with E-state index in [2.05, 4.69) is 191 Å². The molecule has 0 atom stereocenters. The quantitative estimate of drug-likeness (QED) is 0.166. The van der Waals surface area contributed by atoms with Gasteiger partial charge in [-0.2, -0.15) is 0 Å². The van der Waals surface area contributed by atoms with Crippen LogP contribution < -0.4 is 4.90 Å². The topological polar surface area (TPSA) is 12.1 Å². The van der Waals surface area contributed by atoms with E-state index in [0.717, 1.165) is 17.1 Å². The molecule has 0 amide bonds. The number of thiophene rings is 1. The number of rotatable bonds is 3. The minimum atomic E-state index is -0.0608. The van der Waals surface area contributed by atoms with Gasteiger partial charge in [-0.05, 0) is 89.0 Å². The summed E-state index contributed by atoms with van der Waals surface area (Å²) in [6.07, 6.45) is 0. The van der Waals surface area contributed by atoms with Gasteiger partial charge in [0.15, 0.2) is 0 Å². The minimum absolute atomic E-state index is 0.0608. The number of para-hydroxylation sites is 2. The van der Waals surface area contributed by atoms with Crippen molar-refractivity contribution in [2.24, 2.45) is 0 Å². The third-order valence-electron chi connectivity index (χ3n) is 12.6. The van der Waals surface area contributed by atoms with Crippen molar-refractivity contribution in [1.29, 1.82) is 0 Å². The van der Waals surface area contributed by atoms with Gasteiger partial charge in [0.05, 0.1) is 33.1 Å². The van der Waals surface area contributed by atoms with Gasteiger partial charge >= 0.3 is 0 Å². The van der Waals surface area contributed by atoms with Crippen molar-refractivity contribution >= 4 is 103 Å². The molecule has 1 aliphatic rings. The molecule has 13 rings (SSSR count). The number of hydrogen-bond acceptors (Lipinski definition) is 2. The maximum Gasteiger partial charge on any atom is 0.0789 e. The average molecular weight is 720 g/mol. The second kappa shape index (κ2) is 10.3. The second-order valence-electron chi connectivity index (χ2n) is 15.8. The lowest BCUT2D eigenvalue weighted by molar-refractivity contribution is 0.660. The molecule has 0 radical (unpaired) electrons. The molecule has 0 bridgehead atoms. The number of hydrogen-bond donors (Lipinski definition) is 0. The number of nitrogens with zero attached hydrogens (tertiary/aromatic N) is 3. The van der Waals surface area contributed by atoms with Crippen LogP contribution in [0.25, 0.3) is 85.9 Å². The van der Waals surface area contributed by atoms with Gasteiger partial charge in [0, 0.05) is 64.2 Å². The van der Waals surface area contributed by atoms with Crippen LogP contribution in [0.2, 0.25) is 0 Å². The summed E-state index contributed by atoms with van der Waals surface area (Å²) in [5.74, 6) is 0. The third kappa shape index (κ3) is 3.75. The van der Waals surface area contributed by atoms with Crippen LogP contribution in [0.4, 0.5) is 17.1 Å². The summed E-state index contributed by atoms with van der Waals surface area (Å²) in [5.41, 5.74) is 16.2. The summed E-state index contributed by atoms with van der Waals surface area (Å²) >= 11 is 1.87. The molecule has 0 saturated carbocycles. The van der Waals surface area contributed by atoms with Crippen LogP contribution in [0.1, 0.15) is 25.0 Å². The molecule has 12 aromatic rings. The number of fused-ring (bicyclic) bond motifs is 15. The van der Waals surface area contributed by atoms with Gasteiger partial charge in [0.2, 0.25) is 0 Å². The van der Waals surface area contributed by atoms with Crippen LogP contribution in [0, 0.1) is 0 Å². The van der Waals surface area contributed by atoms with Crippen LogP contribution in [-0.2, 0) is 5.41 Å². The SMILES string of the molecule is CC1(C)c2ccccc2-c2cc(N(c3ccc4sc5ccccc5c4c3)c3ccc4c(c3)n3c5ccccc5c5ccc6c7ccccc7n4c6c53)ccc21. The zero-order chi connectivity index (χ0) is 36.2. The van der Waals surface area contributed by atoms with Crippen molar-refractivity contribution in [2.45, 2.75) is 19.3 Å². The Morgan fingerprint density at radius 1 is 0.400 bits per heavy atom. The standard InChI is InChI=1S/C51H33N3S/c1-51(2)41-15-7-3-11-33(41)39-27-30(19-24-42(39)51)52(31-21-26-48-40(28-31)36-14-6-10-18-47(36)55-48)32-20-25-45-46(29-32)54-44-17-9-5-13-35(44)38-23-22-37-34-12-4-8-16-43(34)53(45)49(37)50(38)54/h3-29H,1-2H3. The van der Waals surface area contributed by atoms with Gasteiger partial charge in [0.1, 0.15) is 0 Å². The highest BCUT2D eigenvalue weighted by atomic mass is 32.1. The van der Waals surface area contributed by atoms with Crippen LogP contribution in [0.15, 0.2) is 164 Å². The predicted octanol–water partition coefficient (Wildman–Crippen LogP) is 14.4. The molecule has 0 unspecified atom stereocenters. The van der Waals surface area contributed by atoms with Gasteiger partial charge in [-0.15, -0.1) is 11.3 Å². The maximum atomic E-state index is 2.53. The zero-order valence-corrected chi connectivity index (χ0v) is 31.2. The molecule has 3 nitrogen and oxygen atoms in total. The summed E-state index contributed by atoms with van der Waals surface area (Å²) < 4.78 is 7.66. The molecule has 4 heteroatoms. The largest absolute Gasteiger partial charge is 0.310 e. The van der Waals surface area contributed by atoms with Gasteiger partial charge in [-0.1, -0.05) is 111 Å². The second-order valence-corrected chi connectivity index (χ2v) is 16.8. The summed E-state index contributed by atoms with van der Waals surface area (Å²) in [6, 6.07) is 61.4. The lowest BCUT2D eigenvalue weighted by atomic mass is 9.82. The molecule has 0 N–H and O–H groups in total. The Hall–Kier alpha value is -6.62. The van der Waals surface area contributed by atoms with E-state index in [1.807, 2.05) is 11.3 Å². The van der Waals surface area contributed by atoms with E-state index >= 15 is 0 Å². The van der Waals surface area contributed by atoms with E-state index in [9.17, 15) is 0 Å². The van der Waals surface area contributed by atoms with Crippen LogP contribution >= 0.6 is 11.3 Å². The van der Waals surface area contributed by atoms with E-state index in [4.69, 9.17) is 0 Å². The Morgan fingerprint density at radius 3 is 1.75 bits per heavy atom. The fourth-order valence-electron chi connectivity index (χ4n) is 10.2. The molecular formula is C51H33N3S. The van der Waals surface area contributed by atoms with E-state index in [-0.39, 0.29) is 5.41 Å². The number of aromatic nitrogens is 2. The Kier molecular flexibility index (Phi) is 5.59. The zero-order valence-electron chi connectivity index (χ0n) is 30.3. The lowest BCUT2D eigenvalue weighted by Gasteiger charge is -2.28. The van der Waals surface area contributed by atoms with E-state index in [1.54, 1.807) is 0 Å². The Balaban J connectivity index is 1.15. The monoisotopic (exact) mass is 719 g/mol. The molecule has 0 spiro atoms. The number of anilines is 3. The number of benzene rings is 8. The van der Waals surface area contributed by atoms with Crippen molar-refractivity contribution in [3.05, 3.63) is 175 Å². The van der Waals surface area contributed by atoms with Crippen molar-refractivity contribution in [1.82, 2.24) is 8.80 Å². The van der Waals surface area contributed by atoms with Gasteiger partial charge < -0.3 is 13.7 Å². The smallest absolute Gasteiger partial charge is 0.0789 e. The molecule has 0 saturated heterocycles. The average Bonchev–Trinajstić information content (AvgIpc) is 3.94. The van der Waals surface area contributed by atoms with Crippen LogP contribution in [-0.4, -0.2) is 8.80 Å². The van der Waals surface area contributed by atoms with E-state index in [1.165, 1.54) is 97.1 Å². The first-order valence-electron chi connectivity index (χ1n) is 19.1. The first kappa shape index (κ1) is 29.8. The predicted molar refractivity (Wildman–Crippen MR) is 235 cm³/mol. The van der Waals surface area contributed by atoms with Crippen LogP contribution in [0.5, 0.6) is 0 Å². The summed E-state index contributed by atoms with van der Waals surface area (Å²) in [6.45, 7) is 4.71. The summed E-state index contributed by atoms with van der Waals surface area (Å²) in [4.78, 5) is 2.48. The fourth-order valence-corrected chi connectivity index (χ4v) is 11.3. The van der Waals surface area contributed by atoms with E-state index < -0.39 is 0 Å². The molecule has 55 heavy (non-hydrogen) atoms. The first-order chi connectivity index (χ1) is 27.0. The highest BCUT2D eigenvalue weighted by Gasteiger charge is 2.35. The summed E-state index contributed by atoms with van der Waals surface area (Å²) in [7, 11) is 0. The lowest BCUT2D eigenvalue weighted by Crippen LogP contribution is -2.15. The molecule has 8 aromatic carbocycles. The van der Waals surface area contributed by atoms with Crippen molar-refractivity contribution in [3.8, 4) is 11.1 Å².